The lowest BCUT2D eigenvalue weighted by Crippen LogP contribution is -2.39. The van der Waals surface area contributed by atoms with Crippen LogP contribution >= 0.6 is 0 Å². The Balaban J connectivity index is 1.98. The molecule has 0 unspecified atom stereocenters. The molecule has 0 aromatic heterocycles. The molecule has 2 atom stereocenters. The van der Waals surface area contributed by atoms with Crippen molar-refractivity contribution in [2.45, 2.75) is 39.3 Å². The number of ether oxygens (including phenoxy) is 2. The van der Waals surface area contributed by atoms with Gasteiger partial charge in [-0.3, -0.25) is 4.79 Å². The first kappa shape index (κ1) is 17.9. The Morgan fingerprint density at radius 3 is 2.17 bits per heavy atom. The lowest BCUT2D eigenvalue weighted by molar-refractivity contribution is -0.128. The summed E-state index contributed by atoms with van der Waals surface area (Å²) in [5, 5.41) is 3.02. The van der Waals surface area contributed by atoms with Crippen LogP contribution in [0.15, 0.2) is 48.5 Å². The zero-order valence-electron chi connectivity index (χ0n) is 14.7. The molecule has 2 aromatic rings. The summed E-state index contributed by atoms with van der Waals surface area (Å²) in [7, 11) is 1.62. The molecule has 2 rings (SSSR count). The van der Waals surface area contributed by atoms with Gasteiger partial charge < -0.3 is 14.8 Å². The average Bonchev–Trinajstić information content (AvgIpc) is 2.60. The third-order valence-electron chi connectivity index (χ3n) is 3.94. The minimum Gasteiger partial charge on any atom is -0.497 e. The molecule has 0 heterocycles. The Morgan fingerprint density at radius 1 is 1.04 bits per heavy atom. The number of carbonyl (C=O) groups is 1. The van der Waals surface area contributed by atoms with Gasteiger partial charge in [0.1, 0.15) is 11.5 Å². The summed E-state index contributed by atoms with van der Waals surface area (Å²) in [4.78, 5) is 12.5. The average molecular weight is 327 g/mol. The molecule has 0 aliphatic heterocycles. The Morgan fingerprint density at radius 2 is 1.62 bits per heavy atom. The van der Waals surface area contributed by atoms with Crippen LogP contribution in [0, 0.1) is 6.92 Å². The molecule has 4 nitrogen and oxygen atoms in total. The summed E-state index contributed by atoms with van der Waals surface area (Å²) < 4.78 is 10.9. The molecule has 1 N–H and O–H groups in total. The molecule has 24 heavy (non-hydrogen) atoms. The predicted octanol–water partition coefficient (Wildman–Crippen LogP) is 4.04. The first-order valence-electron chi connectivity index (χ1n) is 8.21. The molecule has 128 valence electrons. The fraction of sp³-hybridized carbons (Fsp3) is 0.350. The highest BCUT2D eigenvalue weighted by atomic mass is 16.5. The number of benzene rings is 2. The van der Waals surface area contributed by atoms with Crippen LogP contribution in [0.4, 0.5) is 0 Å². The van der Waals surface area contributed by atoms with Gasteiger partial charge in [-0.2, -0.15) is 0 Å². The van der Waals surface area contributed by atoms with E-state index in [2.05, 4.69) is 5.32 Å². The molecular weight excluding hydrogens is 302 g/mol. The summed E-state index contributed by atoms with van der Waals surface area (Å²) >= 11 is 0. The molecule has 0 radical (unpaired) electrons. The van der Waals surface area contributed by atoms with E-state index in [0.29, 0.717) is 12.2 Å². The fourth-order valence-electron chi connectivity index (χ4n) is 2.39. The molecule has 0 aliphatic rings. The van der Waals surface area contributed by atoms with Gasteiger partial charge in [0.15, 0.2) is 6.10 Å². The van der Waals surface area contributed by atoms with Crippen LogP contribution in [0.2, 0.25) is 0 Å². The third kappa shape index (κ3) is 4.75. The Bertz CT molecular complexity index is 650. The van der Waals surface area contributed by atoms with E-state index in [1.807, 2.05) is 57.2 Å². The second-order valence-corrected chi connectivity index (χ2v) is 5.83. The van der Waals surface area contributed by atoms with Crippen molar-refractivity contribution in [2.75, 3.05) is 7.11 Å². The van der Waals surface area contributed by atoms with Gasteiger partial charge in [-0.05, 0) is 50.1 Å². The summed E-state index contributed by atoms with van der Waals surface area (Å²) in [6.45, 7) is 5.95. The molecule has 1 amide bonds. The molecule has 0 saturated carbocycles. The number of amides is 1. The van der Waals surface area contributed by atoms with Gasteiger partial charge in [0.25, 0.3) is 5.91 Å². The van der Waals surface area contributed by atoms with Crippen molar-refractivity contribution in [3.8, 4) is 11.5 Å². The van der Waals surface area contributed by atoms with Crippen molar-refractivity contribution in [1.82, 2.24) is 5.32 Å². The van der Waals surface area contributed by atoms with Crippen molar-refractivity contribution in [3.63, 3.8) is 0 Å². The van der Waals surface area contributed by atoms with E-state index in [1.54, 1.807) is 19.2 Å². The smallest absolute Gasteiger partial charge is 0.261 e. The monoisotopic (exact) mass is 327 g/mol. The van der Waals surface area contributed by atoms with Gasteiger partial charge in [-0.1, -0.05) is 36.8 Å². The number of carbonyl (C=O) groups excluding carboxylic acids is 1. The van der Waals surface area contributed by atoms with Crippen molar-refractivity contribution in [3.05, 3.63) is 59.7 Å². The Kier molecular flexibility index (Phi) is 6.24. The number of hydrogen-bond acceptors (Lipinski definition) is 3. The number of rotatable bonds is 7. The quantitative estimate of drug-likeness (QED) is 0.835. The van der Waals surface area contributed by atoms with Gasteiger partial charge in [0, 0.05) is 0 Å². The maximum Gasteiger partial charge on any atom is 0.261 e. The SMILES string of the molecule is CC[C@H](Oc1ccc(OC)cc1)C(=O)N[C@H](C)c1ccc(C)cc1. The molecule has 0 bridgehead atoms. The molecule has 0 saturated heterocycles. The van der Waals surface area contributed by atoms with Crippen molar-refractivity contribution in [1.29, 1.82) is 0 Å². The van der Waals surface area contributed by atoms with Crippen LogP contribution in [0.3, 0.4) is 0 Å². The number of methoxy groups -OCH3 is 1. The Labute approximate surface area is 143 Å². The summed E-state index contributed by atoms with van der Waals surface area (Å²) in [6, 6.07) is 15.3. The maximum absolute atomic E-state index is 12.5. The first-order chi connectivity index (χ1) is 11.5. The molecule has 0 aliphatic carbocycles. The van der Waals surface area contributed by atoms with E-state index >= 15 is 0 Å². The maximum atomic E-state index is 12.5. The summed E-state index contributed by atoms with van der Waals surface area (Å²) in [5.74, 6) is 1.30. The van der Waals surface area contributed by atoms with Gasteiger partial charge >= 0.3 is 0 Å². The zero-order chi connectivity index (χ0) is 17.5. The van der Waals surface area contributed by atoms with E-state index in [1.165, 1.54) is 5.56 Å². The Hall–Kier alpha value is -2.49. The van der Waals surface area contributed by atoms with E-state index in [0.717, 1.165) is 11.3 Å². The minimum atomic E-state index is -0.522. The molecule has 2 aromatic carbocycles. The van der Waals surface area contributed by atoms with Gasteiger partial charge in [0.2, 0.25) is 0 Å². The van der Waals surface area contributed by atoms with Gasteiger partial charge in [0.05, 0.1) is 13.2 Å². The molecule has 4 heteroatoms. The van der Waals surface area contributed by atoms with Gasteiger partial charge in [-0.25, -0.2) is 0 Å². The van der Waals surface area contributed by atoms with Crippen LogP contribution in [-0.4, -0.2) is 19.1 Å². The van der Waals surface area contributed by atoms with Crippen LogP contribution in [0.25, 0.3) is 0 Å². The first-order valence-corrected chi connectivity index (χ1v) is 8.21. The lowest BCUT2D eigenvalue weighted by atomic mass is 10.1. The third-order valence-corrected chi connectivity index (χ3v) is 3.94. The highest BCUT2D eigenvalue weighted by Gasteiger charge is 2.20. The predicted molar refractivity (Wildman–Crippen MR) is 95.4 cm³/mol. The van der Waals surface area contributed by atoms with Crippen LogP contribution < -0.4 is 14.8 Å². The molecule has 0 fully saturated rings. The highest BCUT2D eigenvalue weighted by Crippen LogP contribution is 2.20. The molecular formula is C20H25NO3. The largest absolute Gasteiger partial charge is 0.497 e. The van der Waals surface area contributed by atoms with Crippen molar-refractivity contribution >= 4 is 5.91 Å². The van der Waals surface area contributed by atoms with Crippen LogP contribution in [0.1, 0.15) is 37.4 Å². The van der Waals surface area contributed by atoms with Gasteiger partial charge in [-0.15, -0.1) is 0 Å². The highest BCUT2D eigenvalue weighted by molar-refractivity contribution is 5.81. The number of aryl methyl sites for hydroxylation is 1. The number of nitrogens with one attached hydrogen (secondary N) is 1. The summed E-state index contributed by atoms with van der Waals surface area (Å²) in [5.41, 5.74) is 2.28. The van der Waals surface area contributed by atoms with Crippen molar-refractivity contribution in [2.24, 2.45) is 0 Å². The van der Waals surface area contributed by atoms with E-state index in [9.17, 15) is 4.79 Å². The van der Waals surface area contributed by atoms with Crippen LogP contribution in [-0.2, 0) is 4.79 Å². The fourth-order valence-corrected chi connectivity index (χ4v) is 2.39. The van der Waals surface area contributed by atoms with E-state index in [4.69, 9.17) is 9.47 Å². The normalized spacial score (nSPS) is 13.0. The van der Waals surface area contributed by atoms with Crippen LogP contribution in [0.5, 0.6) is 11.5 Å². The van der Waals surface area contributed by atoms with Crippen molar-refractivity contribution < 1.29 is 14.3 Å². The second-order valence-electron chi connectivity index (χ2n) is 5.83. The molecule has 0 spiro atoms. The summed E-state index contributed by atoms with van der Waals surface area (Å²) in [6.07, 6.45) is 0.0738. The zero-order valence-corrected chi connectivity index (χ0v) is 14.7. The second kappa shape index (κ2) is 8.39. The number of hydrogen-bond donors (Lipinski definition) is 1. The standard InChI is InChI=1S/C20H25NO3/c1-5-19(24-18-12-10-17(23-4)11-13-18)20(22)21-15(3)16-8-6-14(2)7-9-16/h6-13,15,19H,5H2,1-4H3,(H,21,22)/t15-,19+/m1/s1. The minimum absolute atomic E-state index is 0.0633. The van der Waals surface area contributed by atoms with E-state index in [-0.39, 0.29) is 11.9 Å². The van der Waals surface area contributed by atoms with E-state index < -0.39 is 6.10 Å². The lowest BCUT2D eigenvalue weighted by Gasteiger charge is -2.21. The topological polar surface area (TPSA) is 47.6 Å².